The lowest BCUT2D eigenvalue weighted by Gasteiger charge is -2.39. The summed E-state index contributed by atoms with van der Waals surface area (Å²) in [4.78, 5) is 0. The van der Waals surface area contributed by atoms with Crippen LogP contribution in [0.3, 0.4) is 0 Å². The Morgan fingerprint density at radius 3 is 2.46 bits per heavy atom. The van der Waals surface area contributed by atoms with Gasteiger partial charge in [0.25, 0.3) is 0 Å². The van der Waals surface area contributed by atoms with Gasteiger partial charge in [0.15, 0.2) is 0 Å². The monoisotopic (exact) mass is 389 g/mol. The fourth-order valence-electron chi connectivity index (χ4n) is 1.76. The molecule has 13 heteroatoms. The van der Waals surface area contributed by atoms with E-state index in [1.807, 2.05) is 0 Å². The van der Waals surface area contributed by atoms with Crippen molar-refractivity contribution in [2.75, 3.05) is 6.61 Å². The van der Waals surface area contributed by atoms with Crippen LogP contribution in [0.1, 0.15) is 6.42 Å². The van der Waals surface area contributed by atoms with Gasteiger partial charge in [0, 0.05) is 6.42 Å². The van der Waals surface area contributed by atoms with Gasteiger partial charge in [0.1, 0.15) is 34.9 Å². The summed E-state index contributed by atoms with van der Waals surface area (Å²) in [7, 11) is -4.89. The number of aliphatic hydroxyl groups is 5. The lowest BCUT2D eigenvalue weighted by molar-refractivity contribution is -0.205. The van der Waals surface area contributed by atoms with Crippen molar-refractivity contribution in [2.45, 2.75) is 42.4 Å². The predicted molar refractivity (Wildman–Crippen MR) is 82.2 cm³/mol. The lowest BCUT2D eigenvalue weighted by Crippen LogP contribution is -2.57. The second kappa shape index (κ2) is 9.07. The summed E-state index contributed by atoms with van der Waals surface area (Å²) < 4.78 is 38.8. The second-order valence-electron chi connectivity index (χ2n) is 4.81. The number of aliphatic hydroxyl groups excluding tert-OH is 5. The molecule has 1 aliphatic rings. The maximum atomic E-state index is 10.6. The smallest absolute Gasteiger partial charge is 0.394 e. The third-order valence-corrected chi connectivity index (χ3v) is 4.39. The van der Waals surface area contributed by atoms with E-state index in [-0.39, 0.29) is 11.5 Å². The molecule has 0 saturated carbocycles. The topological polar surface area (TPSA) is 186 Å². The Hall–Kier alpha value is -0.770. The third-order valence-electron chi connectivity index (χ3n) is 2.99. The molecule has 1 saturated heterocycles. The standard InChI is InChI=1S/C11H19NO10S2/c1-2-5(14)3-7(12-22-24(18,19)20)23-11-10(17)9(16)8(15)6(4-13)21-11/h2,5-6,8-11,13-17H,1,3-4H2,(H,18,19,20)/b12-7+/t5-,6?,8+,9?,10?,11-/m0/s1. The van der Waals surface area contributed by atoms with E-state index >= 15 is 0 Å². The molecule has 0 aromatic carbocycles. The minimum absolute atomic E-state index is 0.218. The maximum absolute atomic E-state index is 10.6. The van der Waals surface area contributed by atoms with E-state index < -0.39 is 53.0 Å². The van der Waals surface area contributed by atoms with E-state index in [2.05, 4.69) is 16.0 Å². The van der Waals surface area contributed by atoms with Crippen LogP contribution in [0.15, 0.2) is 17.8 Å². The van der Waals surface area contributed by atoms with Crippen molar-refractivity contribution in [3.63, 3.8) is 0 Å². The van der Waals surface area contributed by atoms with Crippen LogP contribution in [0.4, 0.5) is 0 Å². The number of rotatable bonds is 7. The zero-order chi connectivity index (χ0) is 18.5. The van der Waals surface area contributed by atoms with Gasteiger partial charge >= 0.3 is 10.4 Å². The minimum Gasteiger partial charge on any atom is -0.394 e. The normalized spacial score (nSPS) is 33.1. The Kier molecular flexibility index (Phi) is 8.04. The van der Waals surface area contributed by atoms with Crippen molar-refractivity contribution < 1.29 is 47.5 Å². The van der Waals surface area contributed by atoms with Crippen molar-refractivity contribution in [3.05, 3.63) is 12.7 Å². The molecule has 6 atom stereocenters. The van der Waals surface area contributed by atoms with Gasteiger partial charge in [0.05, 0.1) is 12.7 Å². The number of hydrogen-bond acceptors (Lipinski definition) is 11. The average molecular weight is 389 g/mol. The first-order valence-corrected chi connectivity index (χ1v) is 8.84. The summed E-state index contributed by atoms with van der Waals surface area (Å²) in [6.45, 7) is 2.67. The molecule has 1 heterocycles. The SMILES string of the molecule is C=C[C@H](O)C/C(=N\OS(=O)(=O)O)S[C@@H]1OC(CO)[C@@H](O)C(O)C1O. The van der Waals surface area contributed by atoms with E-state index in [1.165, 1.54) is 0 Å². The summed E-state index contributed by atoms with van der Waals surface area (Å²) in [6.07, 6.45) is -6.29. The second-order valence-corrected chi connectivity index (χ2v) is 6.99. The van der Waals surface area contributed by atoms with Crippen molar-refractivity contribution in [2.24, 2.45) is 5.16 Å². The Morgan fingerprint density at radius 1 is 1.33 bits per heavy atom. The van der Waals surface area contributed by atoms with Crippen LogP contribution in [0.5, 0.6) is 0 Å². The lowest BCUT2D eigenvalue weighted by atomic mass is 10.0. The number of hydrogen-bond donors (Lipinski definition) is 6. The molecule has 140 valence electrons. The Morgan fingerprint density at radius 2 is 1.96 bits per heavy atom. The fraction of sp³-hybridized carbons (Fsp3) is 0.727. The molecule has 0 amide bonds. The maximum Gasteiger partial charge on any atom is 0.466 e. The molecule has 1 aliphatic heterocycles. The van der Waals surface area contributed by atoms with Gasteiger partial charge in [-0.1, -0.05) is 23.0 Å². The van der Waals surface area contributed by atoms with Crippen LogP contribution in [-0.2, 0) is 19.4 Å². The van der Waals surface area contributed by atoms with Crippen molar-refractivity contribution in [1.82, 2.24) is 0 Å². The highest BCUT2D eigenvalue weighted by Crippen LogP contribution is 2.30. The first-order chi connectivity index (χ1) is 11.1. The molecule has 11 nitrogen and oxygen atoms in total. The quantitative estimate of drug-likeness (QED) is 0.0895. The summed E-state index contributed by atoms with van der Waals surface area (Å²) in [6, 6.07) is 0. The number of thioether (sulfide) groups is 1. The zero-order valence-corrected chi connectivity index (χ0v) is 13.9. The Balaban J connectivity index is 2.92. The molecule has 0 bridgehead atoms. The summed E-state index contributed by atoms with van der Waals surface area (Å²) in [5, 5.41) is 50.8. The van der Waals surface area contributed by atoms with Gasteiger partial charge in [-0.2, -0.15) is 8.42 Å². The van der Waals surface area contributed by atoms with Gasteiger partial charge in [-0.05, 0) is 0 Å². The van der Waals surface area contributed by atoms with E-state index in [1.54, 1.807) is 0 Å². The largest absolute Gasteiger partial charge is 0.466 e. The minimum atomic E-state index is -4.89. The van der Waals surface area contributed by atoms with Crippen LogP contribution in [0.2, 0.25) is 0 Å². The van der Waals surface area contributed by atoms with E-state index in [0.717, 1.165) is 6.08 Å². The van der Waals surface area contributed by atoms with Crippen LogP contribution < -0.4 is 0 Å². The van der Waals surface area contributed by atoms with Crippen LogP contribution in [0, 0.1) is 0 Å². The van der Waals surface area contributed by atoms with Gasteiger partial charge < -0.3 is 30.3 Å². The molecular formula is C11H19NO10S2. The molecule has 0 aromatic rings. The van der Waals surface area contributed by atoms with Gasteiger partial charge in [-0.3, -0.25) is 4.55 Å². The Bertz CT molecular complexity index is 551. The van der Waals surface area contributed by atoms with Crippen LogP contribution in [-0.4, -0.2) is 86.1 Å². The predicted octanol–water partition coefficient (Wildman–Crippen LogP) is -2.41. The summed E-state index contributed by atoms with van der Waals surface area (Å²) in [5.74, 6) is 0. The highest BCUT2D eigenvalue weighted by atomic mass is 32.3. The molecule has 1 rings (SSSR count). The molecule has 0 radical (unpaired) electrons. The zero-order valence-electron chi connectivity index (χ0n) is 12.2. The molecule has 0 spiro atoms. The highest BCUT2D eigenvalue weighted by Gasteiger charge is 2.44. The average Bonchev–Trinajstić information content (AvgIpc) is 2.52. The van der Waals surface area contributed by atoms with E-state index in [0.29, 0.717) is 11.8 Å². The van der Waals surface area contributed by atoms with Crippen LogP contribution in [0.25, 0.3) is 0 Å². The molecular weight excluding hydrogens is 370 g/mol. The Labute approximate surface area is 142 Å². The number of oxime groups is 1. The van der Waals surface area contributed by atoms with Crippen molar-refractivity contribution in [1.29, 1.82) is 0 Å². The van der Waals surface area contributed by atoms with E-state index in [9.17, 15) is 28.8 Å². The van der Waals surface area contributed by atoms with Gasteiger partial charge in [-0.15, -0.1) is 6.58 Å². The molecule has 0 aromatic heterocycles. The molecule has 6 N–H and O–H groups in total. The molecule has 1 fully saturated rings. The van der Waals surface area contributed by atoms with Gasteiger partial charge in [0.2, 0.25) is 0 Å². The van der Waals surface area contributed by atoms with E-state index in [4.69, 9.17) is 14.4 Å². The first kappa shape index (κ1) is 21.3. The number of ether oxygens (including phenoxy) is 1. The first-order valence-electron chi connectivity index (χ1n) is 6.59. The molecule has 24 heavy (non-hydrogen) atoms. The van der Waals surface area contributed by atoms with Crippen LogP contribution >= 0.6 is 11.8 Å². The fourth-order valence-corrected chi connectivity index (χ4v) is 3.10. The number of nitrogens with zero attached hydrogens (tertiary/aromatic N) is 1. The van der Waals surface area contributed by atoms with Crippen molar-refractivity contribution in [3.8, 4) is 0 Å². The third kappa shape index (κ3) is 6.27. The summed E-state index contributed by atoms with van der Waals surface area (Å²) >= 11 is 0.570. The summed E-state index contributed by atoms with van der Waals surface area (Å²) in [5.41, 5.74) is -1.26. The highest BCUT2D eigenvalue weighted by molar-refractivity contribution is 8.14. The van der Waals surface area contributed by atoms with Gasteiger partial charge in [-0.25, -0.2) is 4.28 Å². The molecule has 0 aliphatic carbocycles. The van der Waals surface area contributed by atoms with Crippen molar-refractivity contribution >= 4 is 27.2 Å². The molecule has 3 unspecified atom stereocenters.